The first-order valence-electron chi connectivity index (χ1n) is 6.41. The number of ether oxygens (including phenoxy) is 2. The predicted molar refractivity (Wildman–Crippen MR) is 76.3 cm³/mol. The van der Waals surface area contributed by atoms with Crippen LogP contribution in [0.4, 0.5) is 5.69 Å². The monoisotopic (exact) mass is 271 g/mol. The summed E-state index contributed by atoms with van der Waals surface area (Å²) in [5, 5.41) is 4.09. The van der Waals surface area contributed by atoms with Gasteiger partial charge in [-0.3, -0.25) is 0 Å². The van der Waals surface area contributed by atoms with Gasteiger partial charge >= 0.3 is 0 Å². The summed E-state index contributed by atoms with van der Waals surface area (Å²) < 4.78 is 11.0. The van der Waals surface area contributed by atoms with E-state index in [4.69, 9.17) is 21.1 Å². The Morgan fingerprint density at radius 3 is 2.44 bits per heavy atom. The van der Waals surface area contributed by atoms with Crippen LogP contribution in [0.2, 0.25) is 5.02 Å². The fourth-order valence-corrected chi connectivity index (χ4v) is 2.05. The van der Waals surface area contributed by atoms with E-state index < -0.39 is 0 Å². The molecule has 0 aliphatic carbocycles. The van der Waals surface area contributed by atoms with Gasteiger partial charge in [0, 0.05) is 26.2 Å². The molecule has 0 spiro atoms. The largest absolute Gasteiger partial charge is 0.383 e. The molecular weight excluding hydrogens is 250 g/mol. The third-order valence-corrected chi connectivity index (χ3v) is 2.92. The van der Waals surface area contributed by atoms with Crippen molar-refractivity contribution in [2.75, 3.05) is 25.1 Å². The molecule has 0 saturated carbocycles. The molecule has 0 fully saturated rings. The molecule has 0 saturated heterocycles. The number of anilines is 1. The first-order chi connectivity index (χ1) is 8.69. The molecule has 0 atom stereocenters. The normalized spacial score (nSPS) is 10.9. The molecule has 0 aliphatic rings. The summed E-state index contributed by atoms with van der Waals surface area (Å²) in [7, 11) is 0. The number of hydrogen-bond donors (Lipinski definition) is 1. The summed E-state index contributed by atoms with van der Waals surface area (Å²) in [6.45, 7) is 8.08. The van der Waals surface area contributed by atoms with Crippen molar-refractivity contribution in [3.63, 3.8) is 0 Å². The molecule has 1 aromatic carbocycles. The lowest BCUT2D eigenvalue weighted by molar-refractivity contribution is -0.137. The van der Waals surface area contributed by atoms with Gasteiger partial charge in [-0.1, -0.05) is 23.7 Å². The second-order valence-corrected chi connectivity index (χ2v) is 4.39. The van der Waals surface area contributed by atoms with Crippen molar-refractivity contribution in [1.29, 1.82) is 0 Å². The van der Waals surface area contributed by atoms with Crippen LogP contribution in [0, 0.1) is 6.92 Å². The molecule has 3 nitrogen and oxygen atoms in total. The minimum Gasteiger partial charge on any atom is -0.383 e. The Labute approximate surface area is 114 Å². The van der Waals surface area contributed by atoms with Crippen molar-refractivity contribution in [3.05, 3.63) is 28.8 Å². The molecule has 4 heteroatoms. The lowest BCUT2D eigenvalue weighted by Crippen LogP contribution is -2.21. The molecule has 0 aromatic heterocycles. The highest BCUT2D eigenvalue weighted by atomic mass is 35.5. The van der Waals surface area contributed by atoms with Gasteiger partial charge in [-0.15, -0.1) is 0 Å². The molecule has 1 N–H and O–H groups in total. The molecule has 0 unspecified atom stereocenters. The minimum atomic E-state index is -0.143. The first kappa shape index (κ1) is 15.3. The van der Waals surface area contributed by atoms with E-state index in [0.717, 1.165) is 29.2 Å². The number of halogens is 1. The highest BCUT2D eigenvalue weighted by Gasteiger charge is 2.08. The fourth-order valence-electron chi connectivity index (χ4n) is 1.76. The highest BCUT2D eigenvalue weighted by molar-refractivity contribution is 6.33. The van der Waals surface area contributed by atoms with Gasteiger partial charge in [0.05, 0.1) is 10.7 Å². The molecule has 1 rings (SSSR count). The third-order valence-electron chi connectivity index (χ3n) is 2.61. The molecular formula is C14H22ClNO2. The van der Waals surface area contributed by atoms with Crippen LogP contribution >= 0.6 is 11.6 Å². The maximum atomic E-state index is 6.14. The van der Waals surface area contributed by atoms with E-state index in [0.29, 0.717) is 13.2 Å². The van der Waals surface area contributed by atoms with Gasteiger partial charge in [0.2, 0.25) is 0 Å². The smallest absolute Gasteiger partial charge is 0.159 e. The summed E-state index contributed by atoms with van der Waals surface area (Å²) >= 11 is 6.14. The van der Waals surface area contributed by atoms with E-state index >= 15 is 0 Å². The molecule has 0 amide bonds. The van der Waals surface area contributed by atoms with Gasteiger partial charge in [0.25, 0.3) is 0 Å². The maximum absolute atomic E-state index is 6.14. The van der Waals surface area contributed by atoms with Crippen molar-refractivity contribution in [3.8, 4) is 0 Å². The SMILES string of the molecule is CCOC(CCNc1c(C)cccc1Cl)OCC. The van der Waals surface area contributed by atoms with Crippen LogP contribution in [0.25, 0.3) is 0 Å². The Morgan fingerprint density at radius 2 is 1.89 bits per heavy atom. The molecule has 18 heavy (non-hydrogen) atoms. The van der Waals surface area contributed by atoms with E-state index in [1.807, 2.05) is 39.0 Å². The average Bonchev–Trinajstić information content (AvgIpc) is 2.33. The van der Waals surface area contributed by atoms with Crippen LogP contribution in [0.3, 0.4) is 0 Å². The lowest BCUT2D eigenvalue weighted by Gasteiger charge is -2.18. The van der Waals surface area contributed by atoms with Crippen molar-refractivity contribution < 1.29 is 9.47 Å². The van der Waals surface area contributed by atoms with Crippen LogP contribution in [-0.2, 0) is 9.47 Å². The van der Waals surface area contributed by atoms with E-state index in [-0.39, 0.29) is 6.29 Å². The molecule has 0 aliphatic heterocycles. The van der Waals surface area contributed by atoms with Crippen molar-refractivity contribution in [2.45, 2.75) is 33.5 Å². The van der Waals surface area contributed by atoms with Crippen LogP contribution in [-0.4, -0.2) is 26.0 Å². The number of benzene rings is 1. The van der Waals surface area contributed by atoms with E-state index in [2.05, 4.69) is 5.32 Å². The quantitative estimate of drug-likeness (QED) is 0.729. The van der Waals surface area contributed by atoms with E-state index in [1.54, 1.807) is 0 Å². The predicted octanol–water partition coefficient (Wildman–Crippen LogP) is 3.85. The van der Waals surface area contributed by atoms with Crippen molar-refractivity contribution in [2.24, 2.45) is 0 Å². The molecule has 0 radical (unpaired) electrons. The minimum absolute atomic E-state index is 0.143. The van der Waals surface area contributed by atoms with Crippen LogP contribution in [0.5, 0.6) is 0 Å². The molecule has 1 aromatic rings. The maximum Gasteiger partial charge on any atom is 0.159 e. The van der Waals surface area contributed by atoms with Crippen LogP contribution in [0.15, 0.2) is 18.2 Å². The van der Waals surface area contributed by atoms with Gasteiger partial charge in [0.15, 0.2) is 6.29 Å². The number of nitrogens with one attached hydrogen (secondary N) is 1. The molecule has 102 valence electrons. The van der Waals surface area contributed by atoms with Crippen molar-refractivity contribution in [1.82, 2.24) is 0 Å². The van der Waals surface area contributed by atoms with Gasteiger partial charge in [0.1, 0.15) is 0 Å². The summed E-state index contributed by atoms with van der Waals surface area (Å²) in [5.74, 6) is 0. The number of rotatable bonds is 8. The fraction of sp³-hybridized carbons (Fsp3) is 0.571. The third kappa shape index (κ3) is 4.84. The Morgan fingerprint density at radius 1 is 1.22 bits per heavy atom. The van der Waals surface area contributed by atoms with E-state index in [9.17, 15) is 0 Å². The molecule has 0 bridgehead atoms. The summed E-state index contributed by atoms with van der Waals surface area (Å²) in [4.78, 5) is 0. The number of para-hydroxylation sites is 1. The van der Waals surface area contributed by atoms with Crippen LogP contribution < -0.4 is 5.32 Å². The van der Waals surface area contributed by atoms with Crippen LogP contribution in [0.1, 0.15) is 25.8 Å². The Bertz CT molecular complexity index is 331. The Balaban J connectivity index is 2.44. The average molecular weight is 272 g/mol. The summed E-state index contributed by atoms with van der Waals surface area (Å²) in [6.07, 6.45) is 0.655. The van der Waals surface area contributed by atoms with Crippen molar-refractivity contribution >= 4 is 17.3 Å². The zero-order valence-electron chi connectivity index (χ0n) is 11.3. The second-order valence-electron chi connectivity index (χ2n) is 3.99. The number of aryl methyl sites for hydroxylation is 1. The standard InChI is InChI=1S/C14H22ClNO2/c1-4-17-13(18-5-2)9-10-16-14-11(3)7-6-8-12(14)15/h6-8,13,16H,4-5,9-10H2,1-3H3. The summed E-state index contributed by atoms with van der Waals surface area (Å²) in [6, 6.07) is 5.88. The zero-order valence-corrected chi connectivity index (χ0v) is 12.1. The Kier molecular flexibility index (Phi) is 7.09. The lowest BCUT2D eigenvalue weighted by atomic mass is 10.2. The van der Waals surface area contributed by atoms with Gasteiger partial charge in [-0.2, -0.15) is 0 Å². The Hall–Kier alpha value is -0.770. The zero-order chi connectivity index (χ0) is 13.4. The summed E-state index contributed by atoms with van der Waals surface area (Å²) in [5.41, 5.74) is 2.14. The van der Waals surface area contributed by atoms with Gasteiger partial charge in [-0.25, -0.2) is 0 Å². The van der Waals surface area contributed by atoms with Gasteiger partial charge in [-0.05, 0) is 32.4 Å². The molecule has 0 heterocycles. The van der Waals surface area contributed by atoms with Gasteiger partial charge < -0.3 is 14.8 Å². The topological polar surface area (TPSA) is 30.5 Å². The van der Waals surface area contributed by atoms with E-state index in [1.165, 1.54) is 0 Å². The highest BCUT2D eigenvalue weighted by Crippen LogP contribution is 2.25. The second kappa shape index (κ2) is 8.35. The number of hydrogen-bond acceptors (Lipinski definition) is 3. The first-order valence-corrected chi connectivity index (χ1v) is 6.79.